The molecule has 5 fully saturated rings. The number of hydrogen-bond donors (Lipinski definition) is 1. The Bertz CT molecular complexity index is 774. The monoisotopic (exact) mass is 478 g/mol. The predicted octanol–water partition coefficient (Wildman–Crippen LogP) is 6.52. The Kier molecular flexibility index (Phi) is 5.65. The van der Waals surface area contributed by atoms with Crippen LogP contribution in [0.15, 0.2) is 0 Å². The SMILES string of the molecule is CC1(C)O[C@@H]2C3C(CC[C@@]4(C)C3CC[C@@H]4O)[C@@]3(C)CC[C@H](O[Si](C)(C)C(C)(C)C)CC3[C@H]2O1. The van der Waals surface area contributed by atoms with Crippen LogP contribution in [0.4, 0.5) is 0 Å². The zero-order valence-electron chi connectivity index (χ0n) is 22.7. The molecule has 0 aromatic carbocycles. The molecular weight excluding hydrogens is 428 g/mol. The maximum Gasteiger partial charge on any atom is 0.192 e. The first-order chi connectivity index (χ1) is 15.1. The first-order valence-electron chi connectivity index (χ1n) is 13.8. The summed E-state index contributed by atoms with van der Waals surface area (Å²) in [5.74, 6) is 1.69. The Hall–Kier alpha value is 0.0569. The number of ether oxygens (including phenoxy) is 2. The molecule has 5 aliphatic rings. The van der Waals surface area contributed by atoms with Gasteiger partial charge >= 0.3 is 0 Å². The molecule has 5 rings (SSSR count). The summed E-state index contributed by atoms with van der Waals surface area (Å²) in [5.41, 5.74) is 0.325. The molecule has 0 radical (unpaired) electrons. The number of fused-ring (bicyclic) bond motifs is 8. The second kappa shape index (κ2) is 7.54. The van der Waals surface area contributed by atoms with E-state index in [0.717, 1.165) is 25.7 Å². The van der Waals surface area contributed by atoms with E-state index in [0.29, 0.717) is 29.8 Å². The number of rotatable bonds is 2. The van der Waals surface area contributed by atoms with E-state index in [9.17, 15) is 5.11 Å². The van der Waals surface area contributed by atoms with Crippen LogP contribution in [0.5, 0.6) is 0 Å². The van der Waals surface area contributed by atoms with Gasteiger partial charge in [0.2, 0.25) is 0 Å². The quantitative estimate of drug-likeness (QED) is 0.459. The van der Waals surface area contributed by atoms with E-state index < -0.39 is 14.1 Å². The minimum atomic E-state index is -1.80. The maximum atomic E-state index is 10.9. The number of aliphatic hydroxyl groups is 1. The van der Waals surface area contributed by atoms with Crippen molar-refractivity contribution in [3.05, 3.63) is 0 Å². The molecular formula is C28H50O4Si. The molecule has 1 saturated heterocycles. The summed E-state index contributed by atoms with van der Waals surface area (Å²) in [6, 6.07) is 0. The van der Waals surface area contributed by atoms with Gasteiger partial charge in [-0.15, -0.1) is 0 Å². The van der Waals surface area contributed by atoms with E-state index in [2.05, 4.69) is 61.6 Å². The molecule has 0 amide bonds. The summed E-state index contributed by atoms with van der Waals surface area (Å²) >= 11 is 0. The fourth-order valence-corrected chi connectivity index (χ4v) is 10.2. The Balaban J connectivity index is 1.47. The highest BCUT2D eigenvalue weighted by atomic mass is 28.4. The Morgan fingerprint density at radius 3 is 2.09 bits per heavy atom. The van der Waals surface area contributed by atoms with Crippen LogP contribution in [-0.2, 0) is 13.9 Å². The lowest BCUT2D eigenvalue weighted by atomic mass is 9.43. The first kappa shape index (κ1) is 24.7. The molecule has 4 saturated carbocycles. The van der Waals surface area contributed by atoms with Crippen LogP contribution in [0, 0.1) is 34.5 Å². The van der Waals surface area contributed by atoms with Crippen molar-refractivity contribution in [3.8, 4) is 0 Å². The predicted molar refractivity (Wildman–Crippen MR) is 134 cm³/mol. The van der Waals surface area contributed by atoms with Crippen molar-refractivity contribution < 1.29 is 19.0 Å². The second-order valence-corrected chi connectivity index (χ2v) is 19.6. The molecule has 5 heteroatoms. The van der Waals surface area contributed by atoms with Crippen LogP contribution in [0.3, 0.4) is 0 Å². The summed E-state index contributed by atoms with van der Waals surface area (Å²) in [6.07, 6.45) is 8.49. The van der Waals surface area contributed by atoms with E-state index in [1.54, 1.807) is 0 Å². The molecule has 1 N–H and O–H groups in total. The molecule has 33 heavy (non-hydrogen) atoms. The van der Waals surface area contributed by atoms with Crippen molar-refractivity contribution in [1.29, 1.82) is 0 Å². The zero-order chi connectivity index (χ0) is 24.2. The molecule has 0 spiro atoms. The van der Waals surface area contributed by atoms with Crippen molar-refractivity contribution >= 4 is 8.32 Å². The lowest BCUT2D eigenvalue weighted by Gasteiger charge is -2.63. The summed E-state index contributed by atoms with van der Waals surface area (Å²) in [4.78, 5) is 0. The van der Waals surface area contributed by atoms with Crippen molar-refractivity contribution in [2.75, 3.05) is 0 Å². The fourth-order valence-electron chi connectivity index (χ4n) is 8.82. The van der Waals surface area contributed by atoms with Crippen LogP contribution >= 0.6 is 0 Å². The standard InChI is InChI=1S/C28H50O4Si/c1-25(2,3)33(8,9)32-17-12-14-27(6)19-13-15-28(7)18(10-11-21(28)29)22(19)24-23(20(27)16-17)30-26(4,5)31-24/h17-24,29H,10-16H2,1-9H3/t17-,18?,19?,20?,21-,22?,23+,24+,27+,28-/m0/s1. The van der Waals surface area contributed by atoms with Gasteiger partial charge in [0, 0.05) is 6.10 Å². The number of aliphatic hydroxyl groups excluding tert-OH is 1. The van der Waals surface area contributed by atoms with Crippen molar-refractivity contribution in [3.63, 3.8) is 0 Å². The van der Waals surface area contributed by atoms with Gasteiger partial charge < -0.3 is 19.0 Å². The average Bonchev–Trinajstić information content (AvgIpc) is 3.17. The third-order valence-electron chi connectivity index (χ3n) is 11.7. The molecule has 10 atom stereocenters. The van der Waals surface area contributed by atoms with Crippen molar-refractivity contribution in [2.45, 2.75) is 142 Å². The average molecular weight is 479 g/mol. The molecule has 0 aromatic rings. The van der Waals surface area contributed by atoms with Gasteiger partial charge in [-0.25, -0.2) is 0 Å². The summed E-state index contributed by atoms with van der Waals surface area (Å²) < 4.78 is 20.5. The lowest BCUT2D eigenvalue weighted by Crippen LogP contribution is -2.64. The van der Waals surface area contributed by atoms with Crippen LogP contribution in [0.25, 0.3) is 0 Å². The molecule has 4 nitrogen and oxygen atoms in total. The first-order valence-corrected chi connectivity index (χ1v) is 16.7. The summed E-state index contributed by atoms with van der Waals surface area (Å²) in [6.45, 7) is 21.0. The van der Waals surface area contributed by atoms with Crippen molar-refractivity contribution in [2.24, 2.45) is 34.5 Å². The third kappa shape index (κ3) is 3.65. The zero-order valence-corrected chi connectivity index (χ0v) is 23.7. The van der Waals surface area contributed by atoms with Gasteiger partial charge in [-0.1, -0.05) is 34.6 Å². The minimum Gasteiger partial charge on any atom is -0.414 e. The molecule has 4 unspecified atom stereocenters. The minimum absolute atomic E-state index is 0.0493. The maximum absolute atomic E-state index is 10.9. The van der Waals surface area contributed by atoms with Gasteiger partial charge in [0.15, 0.2) is 14.1 Å². The van der Waals surface area contributed by atoms with E-state index in [1.165, 1.54) is 19.3 Å². The van der Waals surface area contributed by atoms with E-state index in [-0.39, 0.29) is 34.2 Å². The van der Waals surface area contributed by atoms with Crippen LogP contribution in [0.2, 0.25) is 18.1 Å². The van der Waals surface area contributed by atoms with Gasteiger partial charge in [-0.05, 0) is 111 Å². The third-order valence-corrected chi connectivity index (χ3v) is 16.2. The van der Waals surface area contributed by atoms with Crippen molar-refractivity contribution in [1.82, 2.24) is 0 Å². The molecule has 1 heterocycles. The van der Waals surface area contributed by atoms with E-state index in [1.807, 2.05) is 0 Å². The van der Waals surface area contributed by atoms with Gasteiger partial charge in [0.25, 0.3) is 0 Å². The van der Waals surface area contributed by atoms with Gasteiger partial charge in [0.1, 0.15) is 0 Å². The Morgan fingerprint density at radius 1 is 0.818 bits per heavy atom. The largest absolute Gasteiger partial charge is 0.414 e. The Morgan fingerprint density at radius 2 is 1.42 bits per heavy atom. The fraction of sp³-hybridized carbons (Fsp3) is 1.00. The smallest absolute Gasteiger partial charge is 0.192 e. The number of hydrogen-bond acceptors (Lipinski definition) is 4. The van der Waals surface area contributed by atoms with Gasteiger partial charge in [0.05, 0.1) is 18.3 Å². The molecule has 1 aliphatic heterocycles. The summed E-state index contributed by atoms with van der Waals surface area (Å²) in [5, 5.41) is 11.2. The molecule has 190 valence electrons. The molecule has 4 aliphatic carbocycles. The Labute approximate surface area is 203 Å². The van der Waals surface area contributed by atoms with E-state index in [4.69, 9.17) is 13.9 Å². The highest BCUT2D eigenvalue weighted by Crippen LogP contribution is 2.68. The van der Waals surface area contributed by atoms with Crippen LogP contribution in [-0.4, -0.2) is 43.6 Å². The lowest BCUT2D eigenvalue weighted by molar-refractivity contribution is -0.191. The van der Waals surface area contributed by atoms with Crippen LogP contribution < -0.4 is 0 Å². The molecule has 0 bridgehead atoms. The topological polar surface area (TPSA) is 47.9 Å². The van der Waals surface area contributed by atoms with Crippen LogP contribution in [0.1, 0.15) is 93.4 Å². The second-order valence-electron chi connectivity index (χ2n) is 14.9. The van der Waals surface area contributed by atoms with E-state index >= 15 is 0 Å². The summed E-state index contributed by atoms with van der Waals surface area (Å²) in [7, 11) is -1.80. The van der Waals surface area contributed by atoms with Gasteiger partial charge in [-0.2, -0.15) is 0 Å². The highest BCUT2D eigenvalue weighted by Gasteiger charge is 2.68. The normalized spacial score (nSPS) is 51.5. The van der Waals surface area contributed by atoms with Gasteiger partial charge in [-0.3, -0.25) is 0 Å². The highest BCUT2D eigenvalue weighted by molar-refractivity contribution is 6.74. The molecule has 0 aromatic heterocycles.